The highest BCUT2D eigenvalue weighted by Gasteiger charge is 2.56. The van der Waals surface area contributed by atoms with Gasteiger partial charge in [-0.2, -0.15) is 11.3 Å². The van der Waals surface area contributed by atoms with Gasteiger partial charge < -0.3 is 5.32 Å². The molecule has 1 aromatic carbocycles. The molecule has 5 nitrogen and oxygen atoms in total. The molecule has 0 unspecified atom stereocenters. The number of thiophene rings is 1. The van der Waals surface area contributed by atoms with Gasteiger partial charge in [-0.3, -0.25) is 14.6 Å². The highest BCUT2D eigenvalue weighted by Crippen LogP contribution is 2.39. The molecule has 1 N–H and O–H groups in total. The van der Waals surface area contributed by atoms with E-state index in [0.717, 1.165) is 50.9 Å². The zero-order valence-corrected chi connectivity index (χ0v) is 19.1. The molecule has 0 bridgehead atoms. The number of rotatable bonds is 7. The van der Waals surface area contributed by atoms with Crippen molar-refractivity contribution in [3.05, 3.63) is 57.2 Å². The third-order valence-electron chi connectivity index (χ3n) is 7.04. The highest BCUT2D eigenvalue weighted by molar-refractivity contribution is 7.07. The molecule has 3 aliphatic rings. The van der Waals surface area contributed by atoms with Gasteiger partial charge in [0.2, 0.25) is 0 Å². The van der Waals surface area contributed by atoms with Crippen LogP contribution >= 0.6 is 22.9 Å². The lowest BCUT2D eigenvalue weighted by molar-refractivity contribution is -0.134. The van der Waals surface area contributed by atoms with Gasteiger partial charge in [0.25, 0.3) is 5.91 Å². The van der Waals surface area contributed by atoms with E-state index >= 15 is 0 Å². The predicted octanol–water partition coefficient (Wildman–Crippen LogP) is 4.56. The first kappa shape index (κ1) is 21.0. The van der Waals surface area contributed by atoms with E-state index in [0.29, 0.717) is 23.9 Å². The van der Waals surface area contributed by atoms with Crippen LogP contribution in [0.4, 0.5) is 4.79 Å². The van der Waals surface area contributed by atoms with Crippen molar-refractivity contribution in [1.29, 1.82) is 0 Å². The van der Waals surface area contributed by atoms with Crippen LogP contribution in [0.15, 0.2) is 41.1 Å². The second-order valence-corrected chi connectivity index (χ2v) is 10.4. The van der Waals surface area contributed by atoms with Crippen LogP contribution in [0.25, 0.3) is 0 Å². The number of amides is 3. The quantitative estimate of drug-likeness (QED) is 0.620. The first-order chi connectivity index (χ1) is 15.0. The van der Waals surface area contributed by atoms with Crippen LogP contribution in [0.3, 0.4) is 0 Å². The minimum atomic E-state index is -0.897. The number of carbonyl (C=O) groups excluding carboxylic acids is 2. The normalized spacial score (nSPS) is 25.3. The Kier molecular flexibility index (Phi) is 5.80. The molecular formula is C24H28ClN3O2S. The number of hydrogen-bond acceptors (Lipinski definition) is 4. The van der Waals surface area contributed by atoms with Crippen molar-refractivity contribution in [2.75, 3.05) is 19.6 Å². The third kappa shape index (κ3) is 4.26. The molecule has 2 aliphatic heterocycles. The summed E-state index contributed by atoms with van der Waals surface area (Å²) in [5, 5.41) is 8.13. The van der Waals surface area contributed by atoms with Gasteiger partial charge in [0.1, 0.15) is 5.54 Å². The van der Waals surface area contributed by atoms with Gasteiger partial charge in [-0.05, 0) is 84.6 Å². The average Bonchev–Trinajstić information content (AvgIpc) is 3.39. The first-order valence-electron chi connectivity index (χ1n) is 11.2. The standard InChI is InChI=1S/C24H28ClN3O2S/c25-21-4-2-1-3-19(21)13-24(22(29)28(23(30)26-24)15-17-5-6-17)20-7-10-27(11-8-20)14-18-9-12-31-16-18/h1-4,9,12,16-17,20H,5-8,10-11,13-15H2,(H,26,30)/t24-/m1/s1. The minimum Gasteiger partial charge on any atom is -0.322 e. The molecule has 0 spiro atoms. The molecule has 3 heterocycles. The Morgan fingerprint density at radius 2 is 1.87 bits per heavy atom. The van der Waals surface area contributed by atoms with Gasteiger partial charge in [-0.25, -0.2) is 4.79 Å². The fraction of sp³-hybridized carbons (Fsp3) is 0.500. The molecular weight excluding hydrogens is 430 g/mol. The number of nitrogens with one attached hydrogen (secondary N) is 1. The highest BCUT2D eigenvalue weighted by atomic mass is 35.5. The average molecular weight is 458 g/mol. The summed E-state index contributed by atoms with van der Waals surface area (Å²) in [5.74, 6) is 0.516. The fourth-order valence-corrected chi connectivity index (χ4v) is 5.94. The Hall–Kier alpha value is -1.89. The maximum absolute atomic E-state index is 13.7. The molecule has 3 fully saturated rings. The lowest BCUT2D eigenvalue weighted by Gasteiger charge is -2.41. The number of urea groups is 1. The van der Waals surface area contributed by atoms with E-state index in [-0.39, 0.29) is 17.9 Å². The summed E-state index contributed by atoms with van der Waals surface area (Å²) in [6, 6.07) is 9.62. The van der Waals surface area contributed by atoms with Crippen LogP contribution in [0.2, 0.25) is 5.02 Å². The summed E-state index contributed by atoms with van der Waals surface area (Å²) in [5.41, 5.74) is 1.37. The largest absolute Gasteiger partial charge is 0.325 e. The summed E-state index contributed by atoms with van der Waals surface area (Å²) in [6.07, 6.45) is 4.44. The topological polar surface area (TPSA) is 52.7 Å². The lowest BCUT2D eigenvalue weighted by atomic mass is 9.74. The van der Waals surface area contributed by atoms with Gasteiger partial charge in [0, 0.05) is 24.5 Å². The van der Waals surface area contributed by atoms with Gasteiger partial charge in [0.05, 0.1) is 0 Å². The molecule has 3 amide bonds. The fourth-order valence-electron chi connectivity index (χ4n) is 5.08. The second kappa shape index (κ2) is 8.57. The number of likely N-dealkylation sites (tertiary alicyclic amines) is 1. The third-order valence-corrected chi connectivity index (χ3v) is 8.14. The molecule has 1 saturated carbocycles. The molecule has 31 heavy (non-hydrogen) atoms. The van der Waals surface area contributed by atoms with Crippen molar-refractivity contribution in [3.8, 4) is 0 Å². The molecule has 1 atom stereocenters. The van der Waals surface area contributed by atoms with Crippen molar-refractivity contribution >= 4 is 34.9 Å². The minimum absolute atomic E-state index is 0.0550. The number of hydrogen-bond donors (Lipinski definition) is 1. The molecule has 5 rings (SSSR count). The molecule has 1 aliphatic carbocycles. The van der Waals surface area contributed by atoms with Crippen LogP contribution in [0.5, 0.6) is 0 Å². The van der Waals surface area contributed by atoms with Crippen molar-refractivity contribution in [2.45, 2.75) is 44.2 Å². The SMILES string of the molecule is O=C1N[C@](Cc2ccccc2Cl)(C2CCN(Cc3ccsc3)CC2)C(=O)N1CC1CC1. The van der Waals surface area contributed by atoms with Gasteiger partial charge in [-0.1, -0.05) is 29.8 Å². The second-order valence-electron chi connectivity index (χ2n) is 9.21. The number of halogens is 1. The van der Waals surface area contributed by atoms with E-state index < -0.39 is 5.54 Å². The molecule has 7 heteroatoms. The Bertz CT molecular complexity index is 953. The summed E-state index contributed by atoms with van der Waals surface area (Å²) >= 11 is 8.20. The van der Waals surface area contributed by atoms with E-state index in [1.807, 2.05) is 24.3 Å². The Morgan fingerprint density at radius 1 is 1.10 bits per heavy atom. The van der Waals surface area contributed by atoms with Crippen LogP contribution in [-0.4, -0.2) is 46.9 Å². The number of imide groups is 1. The lowest BCUT2D eigenvalue weighted by Crippen LogP contribution is -2.57. The molecule has 2 aromatic rings. The van der Waals surface area contributed by atoms with Crippen molar-refractivity contribution in [2.24, 2.45) is 11.8 Å². The smallest absolute Gasteiger partial charge is 0.322 e. The maximum atomic E-state index is 13.7. The van der Waals surface area contributed by atoms with E-state index in [9.17, 15) is 9.59 Å². The molecule has 1 aromatic heterocycles. The van der Waals surface area contributed by atoms with Crippen molar-refractivity contribution in [3.63, 3.8) is 0 Å². The monoisotopic (exact) mass is 457 g/mol. The Balaban J connectivity index is 1.37. The van der Waals surface area contributed by atoms with Crippen molar-refractivity contribution in [1.82, 2.24) is 15.1 Å². The Morgan fingerprint density at radius 3 is 2.55 bits per heavy atom. The van der Waals surface area contributed by atoms with Crippen LogP contribution in [0, 0.1) is 11.8 Å². The van der Waals surface area contributed by atoms with E-state index in [4.69, 9.17) is 11.6 Å². The summed E-state index contributed by atoms with van der Waals surface area (Å²) < 4.78 is 0. The zero-order chi connectivity index (χ0) is 21.4. The van der Waals surface area contributed by atoms with Crippen molar-refractivity contribution < 1.29 is 9.59 Å². The summed E-state index contributed by atoms with van der Waals surface area (Å²) in [4.78, 5) is 30.6. The van der Waals surface area contributed by atoms with E-state index in [1.54, 1.807) is 11.3 Å². The van der Waals surface area contributed by atoms with Crippen LogP contribution < -0.4 is 5.32 Å². The zero-order valence-electron chi connectivity index (χ0n) is 17.6. The van der Waals surface area contributed by atoms with E-state index in [1.165, 1.54) is 10.5 Å². The van der Waals surface area contributed by atoms with E-state index in [2.05, 4.69) is 27.0 Å². The number of piperidine rings is 1. The molecule has 164 valence electrons. The van der Waals surface area contributed by atoms with Gasteiger partial charge in [-0.15, -0.1) is 0 Å². The van der Waals surface area contributed by atoms with Gasteiger partial charge in [0.15, 0.2) is 0 Å². The summed E-state index contributed by atoms with van der Waals surface area (Å²) in [7, 11) is 0. The maximum Gasteiger partial charge on any atom is 0.325 e. The number of carbonyl (C=O) groups is 2. The summed E-state index contributed by atoms with van der Waals surface area (Å²) in [6.45, 7) is 3.35. The van der Waals surface area contributed by atoms with Crippen LogP contribution in [0.1, 0.15) is 36.8 Å². The first-order valence-corrected chi connectivity index (χ1v) is 12.5. The van der Waals surface area contributed by atoms with Gasteiger partial charge >= 0.3 is 6.03 Å². The number of nitrogens with zero attached hydrogens (tertiary/aromatic N) is 2. The molecule has 0 radical (unpaired) electrons. The molecule has 2 saturated heterocycles. The predicted molar refractivity (Wildman–Crippen MR) is 123 cm³/mol. The Labute approximate surface area is 192 Å². The van der Waals surface area contributed by atoms with Crippen LogP contribution in [-0.2, 0) is 17.8 Å². The number of benzene rings is 1.